The average molecular weight is 339 g/mol. The topological polar surface area (TPSA) is 49.8 Å². The maximum atomic E-state index is 5.71. The summed E-state index contributed by atoms with van der Waals surface area (Å²) in [5.74, 6) is 1.78. The number of guanidine groups is 1. The van der Waals surface area contributed by atoms with Crippen LogP contribution in [0.5, 0.6) is 0 Å². The predicted molar refractivity (Wildman–Crippen MR) is 97.3 cm³/mol. The Morgan fingerprint density at radius 1 is 1.48 bits per heavy atom. The Kier molecular flexibility index (Phi) is 7.82. The fourth-order valence-corrected chi connectivity index (χ4v) is 2.99. The van der Waals surface area contributed by atoms with Crippen molar-refractivity contribution in [3.05, 3.63) is 16.1 Å². The van der Waals surface area contributed by atoms with E-state index in [9.17, 15) is 0 Å². The first-order valence-electron chi connectivity index (χ1n) is 8.73. The number of ether oxygens (including phenoxy) is 1. The van der Waals surface area contributed by atoms with Crippen LogP contribution in [0, 0.1) is 5.92 Å². The van der Waals surface area contributed by atoms with Crippen LogP contribution in [0.2, 0.25) is 0 Å². The summed E-state index contributed by atoms with van der Waals surface area (Å²) in [4.78, 5) is 11.5. The first-order valence-corrected chi connectivity index (χ1v) is 9.61. The molecule has 1 aromatic heterocycles. The number of hydrogen-bond donors (Lipinski definition) is 1. The van der Waals surface area contributed by atoms with Gasteiger partial charge in [-0.05, 0) is 32.1 Å². The van der Waals surface area contributed by atoms with E-state index in [1.807, 2.05) is 0 Å². The van der Waals surface area contributed by atoms with Gasteiger partial charge in [0.25, 0.3) is 0 Å². The molecule has 0 saturated heterocycles. The maximum absolute atomic E-state index is 5.71. The monoisotopic (exact) mass is 338 g/mol. The Morgan fingerprint density at radius 3 is 2.96 bits per heavy atom. The second-order valence-corrected chi connectivity index (χ2v) is 6.95. The highest BCUT2D eigenvalue weighted by Gasteiger charge is 2.21. The lowest BCUT2D eigenvalue weighted by Gasteiger charge is -2.22. The van der Waals surface area contributed by atoms with Crippen molar-refractivity contribution >= 4 is 17.3 Å². The molecule has 0 aliphatic heterocycles. The minimum atomic E-state index is 0.766. The van der Waals surface area contributed by atoms with E-state index in [0.717, 1.165) is 63.3 Å². The van der Waals surface area contributed by atoms with Gasteiger partial charge in [-0.1, -0.05) is 6.92 Å². The summed E-state index contributed by atoms with van der Waals surface area (Å²) in [5.41, 5.74) is 1.15. The molecule has 0 aromatic carbocycles. The molecule has 1 fully saturated rings. The maximum Gasteiger partial charge on any atom is 0.193 e. The molecule has 2 rings (SSSR count). The van der Waals surface area contributed by atoms with Crippen LogP contribution in [0.3, 0.4) is 0 Å². The summed E-state index contributed by atoms with van der Waals surface area (Å²) in [7, 11) is 2.07. The second-order valence-electron chi connectivity index (χ2n) is 6.01. The number of hydrogen-bond acceptors (Lipinski definition) is 4. The van der Waals surface area contributed by atoms with Gasteiger partial charge in [0.15, 0.2) is 5.96 Å². The Morgan fingerprint density at radius 2 is 2.30 bits per heavy atom. The second kappa shape index (κ2) is 9.88. The Labute approximate surface area is 144 Å². The molecule has 1 aromatic rings. The van der Waals surface area contributed by atoms with Crippen LogP contribution in [-0.2, 0) is 17.6 Å². The molecule has 130 valence electrons. The summed E-state index contributed by atoms with van der Waals surface area (Å²) in [6, 6.07) is 0. The molecule has 1 heterocycles. The van der Waals surface area contributed by atoms with Gasteiger partial charge in [-0.3, -0.25) is 4.99 Å². The standard InChI is InChI=1S/C17H30N4OS/c1-4-16-20-15(13-23-16)8-9-19-17(18-5-2)21(3)10-11-22-12-14-6-7-14/h13-14H,4-12H2,1-3H3,(H,18,19). The van der Waals surface area contributed by atoms with E-state index in [2.05, 4.69) is 41.5 Å². The lowest BCUT2D eigenvalue weighted by molar-refractivity contribution is 0.115. The van der Waals surface area contributed by atoms with Gasteiger partial charge in [0.05, 0.1) is 17.3 Å². The van der Waals surface area contributed by atoms with E-state index in [0.29, 0.717) is 0 Å². The molecule has 6 heteroatoms. The van der Waals surface area contributed by atoms with Crippen molar-refractivity contribution in [3.63, 3.8) is 0 Å². The van der Waals surface area contributed by atoms with E-state index in [4.69, 9.17) is 9.73 Å². The lowest BCUT2D eigenvalue weighted by atomic mass is 10.3. The van der Waals surface area contributed by atoms with Gasteiger partial charge in [-0.25, -0.2) is 4.98 Å². The third-order valence-corrected chi connectivity index (χ3v) is 4.89. The zero-order chi connectivity index (χ0) is 16.5. The summed E-state index contributed by atoms with van der Waals surface area (Å²) in [6.45, 7) is 8.44. The smallest absolute Gasteiger partial charge is 0.193 e. The van der Waals surface area contributed by atoms with Crippen LogP contribution < -0.4 is 5.32 Å². The molecule has 0 amide bonds. The van der Waals surface area contributed by atoms with Crippen molar-refractivity contribution in [2.75, 3.05) is 39.9 Å². The highest BCUT2D eigenvalue weighted by atomic mass is 32.1. The molecule has 0 atom stereocenters. The highest BCUT2D eigenvalue weighted by molar-refractivity contribution is 7.09. The van der Waals surface area contributed by atoms with Gasteiger partial charge in [0.1, 0.15) is 0 Å². The molecule has 5 nitrogen and oxygen atoms in total. The molecular formula is C17H30N4OS. The van der Waals surface area contributed by atoms with Crippen molar-refractivity contribution < 1.29 is 4.74 Å². The summed E-state index contributed by atoms with van der Waals surface area (Å²) in [6.07, 6.45) is 4.60. The molecule has 0 radical (unpaired) electrons. The highest BCUT2D eigenvalue weighted by Crippen LogP contribution is 2.28. The minimum absolute atomic E-state index is 0.766. The van der Waals surface area contributed by atoms with Crippen LogP contribution in [-0.4, -0.2) is 55.7 Å². The lowest BCUT2D eigenvalue weighted by Crippen LogP contribution is -2.40. The zero-order valence-corrected chi connectivity index (χ0v) is 15.5. The third kappa shape index (κ3) is 6.87. The van der Waals surface area contributed by atoms with Crippen LogP contribution in [0.15, 0.2) is 10.4 Å². The fourth-order valence-electron chi connectivity index (χ4n) is 2.21. The molecule has 0 bridgehead atoms. The molecule has 0 unspecified atom stereocenters. The molecule has 1 N–H and O–H groups in total. The summed E-state index contributed by atoms with van der Waals surface area (Å²) in [5, 5.41) is 6.71. The van der Waals surface area contributed by atoms with Crippen LogP contribution in [0.4, 0.5) is 0 Å². The quantitative estimate of drug-likeness (QED) is 0.405. The van der Waals surface area contributed by atoms with E-state index in [-0.39, 0.29) is 0 Å². The number of rotatable bonds is 10. The zero-order valence-electron chi connectivity index (χ0n) is 14.7. The van der Waals surface area contributed by atoms with Crippen molar-refractivity contribution in [1.29, 1.82) is 0 Å². The van der Waals surface area contributed by atoms with Crippen LogP contribution >= 0.6 is 11.3 Å². The van der Waals surface area contributed by atoms with Gasteiger partial charge in [0.2, 0.25) is 0 Å². The first kappa shape index (κ1) is 18.2. The number of aryl methyl sites for hydroxylation is 1. The van der Waals surface area contributed by atoms with E-state index < -0.39 is 0 Å². The van der Waals surface area contributed by atoms with E-state index in [1.54, 1.807) is 11.3 Å². The number of nitrogens with zero attached hydrogens (tertiary/aromatic N) is 3. The van der Waals surface area contributed by atoms with Crippen LogP contribution in [0.1, 0.15) is 37.4 Å². The number of thiazole rings is 1. The molecule has 1 aliphatic carbocycles. The van der Waals surface area contributed by atoms with Crippen molar-refractivity contribution in [2.45, 2.75) is 39.5 Å². The molecule has 1 saturated carbocycles. The van der Waals surface area contributed by atoms with Gasteiger partial charge in [0, 0.05) is 45.1 Å². The summed E-state index contributed by atoms with van der Waals surface area (Å²) >= 11 is 1.74. The Hall–Kier alpha value is -1.14. The van der Waals surface area contributed by atoms with E-state index in [1.165, 1.54) is 17.8 Å². The largest absolute Gasteiger partial charge is 0.379 e. The van der Waals surface area contributed by atoms with E-state index >= 15 is 0 Å². The van der Waals surface area contributed by atoms with Crippen LogP contribution in [0.25, 0.3) is 0 Å². The molecule has 0 spiro atoms. The van der Waals surface area contributed by atoms with Gasteiger partial charge >= 0.3 is 0 Å². The first-order chi connectivity index (χ1) is 11.2. The van der Waals surface area contributed by atoms with Crippen molar-refractivity contribution in [1.82, 2.24) is 15.2 Å². The van der Waals surface area contributed by atoms with Gasteiger partial charge in [-0.2, -0.15) is 0 Å². The van der Waals surface area contributed by atoms with Gasteiger partial charge < -0.3 is 15.0 Å². The number of aliphatic imine (C=N–C) groups is 1. The average Bonchev–Trinajstić information content (AvgIpc) is 3.27. The van der Waals surface area contributed by atoms with Gasteiger partial charge in [-0.15, -0.1) is 11.3 Å². The number of likely N-dealkylation sites (N-methyl/N-ethyl adjacent to an activating group) is 1. The van der Waals surface area contributed by atoms with Crippen molar-refractivity contribution in [3.8, 4) is 0 Å². The normalized spacial score (nSPS) is 15.0. The SMILES string of the molecule is CCNC(=NCCc1csc(CC)n1)N(C)CCOCC1CC1. The number of aromatic nitrogens is 1. The third-order valence-electron chi connectivity index (χ3n) is 3.85. The minimum Gasteiger partial charge on any atom is -0.379 e. The predicted octanol–water partition coefficient (Wildman–Crippen LogP) is 2.57. The molecule has 23 heavy (non-hydrogen) atoms. The molecular weight excluding hydrogens is 308 g/mol. The fraction of sp³-hybridized carbons (Fsp3) is 0.765. The number of nitrogens with one attached hydrogen (secondary N) is 1. The summed E-state index contributed by atoms with van der Waals surface area (Å²) < 4.78 is 5.71. The Bertz CT molecular complexity index is 485. The Balaban J connectivity index is 1.72. The molecule has 1 aliphatic rings. The van der Waals surface area contributed by atoms with Crippen molar-refractivity contribution in [2.24, 2.45) is 10.9 Å².